The quantitative estimate of drug-likeness (QED) is 0.796. The molecule has 1 amide bonds. The van der Waals surface area contributed by atoms with Crippen LogP contribution in [0.5, 0.6) is 5.75 Å². The summed E-state index contributed by atoms with van der Waals surface area (Å²) in [4.78, 5) is 11.8. The van der Waals surface area contributed by atoms with Gasteiger partial charge in [-0.3, -0.25) is 4.79 Å². The smallest absolute Gasteiger partial charge is 0.241 e. The van der Waals surface area contributed by atoms with E-state index in [0.29, 0.717) is 18.9 Å². The first-order chi connectivity index (χ1) is 9.02. The van der Waals surface area contributed by atoms with Crippen molar-refractivity contribution >= 4 is 11.6 Å². The topological polar surface area (TPSA) is 64.3 Å². The number of hydrogen-bond acceptors (Lipinski definition) is 3. The fourth-order valence-corrected chi connectivity index (χ4v) is 1.70. The van der Waals surface area contributed by atoms with Gasteiger partial charge in [-0.2, -0.15) is 0 Å². The lowest BCUT2D eigenvalue weighted by Crippen LogP contribution is -2.36. The van der Waals surface area contributed by atoms with Gasteiger partial charge in [-0.15, -0.1) is 0 Å². The molecule has 1 rings (SSSR count). The lowest BCUT2D eigenvalue weighted by molar-refractivity contribution is -0.117. The van der Waals surface area contributed by atoms with Gasteiger partial charge in [0.15, 0.2) is 0 Å². The van der Waals surface area contributed by atoms with Crippen LogP contribution < -0.4 is 15.8 Å². The minimum atomic E-state index is -0.462. The Morgan fingerprint density at radius 1 is 1.32 bits per heavy atom. The summed E-state index contributed by atoms with van der Waals surface area (Å²) < 4.78 is 5.48. The van der Waals surface area contributed by atoms with Gasteiger partial charge >= 0.3 is 0 Å². The Kier molecular flexibility index (Phi) is 6.36. The number of amides is 1. The molecule has 0 aliphatic carbocycles. The molecule has 0 unspecified atom stereocenters. The van der Waals surface area contributed by atoms with Crippen molar-refractivity contribution in [2.24, 2.45) is 11.7 Å². The minimum Gasteiger partial charge on any atom is -0.494 e. The van der Waals surface area contributed by atoms with E-state index in [-0.39, 0.29) is 5.91 Å². The van der Waals surface area contributed by atoms with Crippen LogP contribution in [0, 0.1) is 5.92 Å². The van der Waals surface area contributed by atoms with Crippen LogP contribution in [0.2, 0.25) is 0 Å². The number of rotatable bonds is 7. The fraction of sp³-hybridized carbons (Fsp3) is 0.533. The summed E-state index contributed by atoms with van der Waals surface area (Å²) in [5.74, 6) is 1.08. The third-order valence-corrected chi connectivity index (χ3v) is 2.66. The van der Waals surface area contributed by atoms with Crippen molar-refractivity contribution < 1.29 is 9.53 Å². The average molecular weight is 264 g/mol. The van der Waals surface area contributed by atoms with Gasteiger partial charge in [-0.05, 0) is 43.0 Å². The minimum absolute atomic E-state index is 0.143. The predicted molar refractivity (Wildman–Crippen MR) is 78.3 cm³/mol. The van der Waals surface area contributed by atoms with Crippen LogP contribution in [0.1, 0.15) is 33.6 Å². The van der Waals surface area contributed by atoms with Gasteiger partial charge < -0.3 is 15.8 Å². The molecule has 106 valence electrons. The van der Waals surface area contributed by atoms with Gasteiger partial charge in [0.05, 0.1) is 12.6 Å². The molecule has 0 aromatic heterocycles. The van der Waals surface area contributed by atoms with Crippen LogP contribution in [-0.4, -0.2) is 18.6 Å². The van der Waals surface area contributed by atoms with Crippen molar-refractivity contribution in [1.82, 2.24) is 0 Å². The number of carbonyl (C=O) groups is 1. The number of carbonyl (C=O) groups excluding carboxylic acids is 1. The van der Waals surface area contributed by atoms with E-state index in [9.17, 15) is 4.79 Å². The molecule has 19 heavy (non-hydrogen) atoms. The van der Waals surface area contributed by atoms with E-state index in [4.69, 9.17) is 10.5 Å². The van der Waals surface area contributed by atoms with Crippen molar-refractivity contribution in [3.63, 3.8) is 0 Å². The standard InChI is InChI=1S/C15H24N2O2/c1-4-9-19-13-7-5-12(6-8-13)17-15(18)14(16)10-11(2)3/h5-8,11,14H,4,9-10,16H2,1-3H3,(H,17,18)/t14-/m1/s1. The lowest BCUT2D eigenvalue weighted by Gasteiger charge is -2.14. The maximum absolute atomic E-state index is 11.8. The molecule has 0 fully saturated rings. The van der Waals surface area contributed by atoms with Crippen LogP contribution in [0.25, 0.3) is 0 Å². The number of ether oxygens (including phenoxy) is 1. The SMILES string of the molecule is CCCOc1ccc(NC(=O)[C@H](N)CC(C)C)cc1. The predicted octanol–water partition coefficient (Wildman–Crippen LogP) is 2.79. The van der Waals surface area contributed by atoms with E-state index in [1.54, 1.807) is 0 Å². The molecule has 0 heterocycles. The lowest BCUT2D eigenvalue weighted by atomic mass is 10.0. The van der Waals surface area contributed by atoms with Crippen molar-refractivity contribution in [1.29, 1.82) is 0 Å². The molecular weight excluding hydrogens is 240 g/mol. The van der Waals surface area contributed by atoms with Crippen molar-refractivity contribution in [3.05, 3.63) is 24.3 Å². The molecule has 1 aromatic rings. The highest BCUT2D eigenvalue weighted by Gasteiger charge is 2.14. The van der Waals surface area contributed by atoms with E-state index in [0.717, 1.165) is 17.9 Å². The Balaban J connectivity index is 2.50. The molecule has 4 nitrogen and oxygen atoms in total. The normalized spacial score (nSPS) is 12.3. The zero-order valence-electron chi connectivity index (χ0n) is 12.0. The largest absolute Gasteiger partial charge is 0.494 e. The third kappa shape index (κ3) is 5.75. The third-order valence-electron chi connectivity index (χ3n) is 2.66. The molecule has 1 atom stereocenters. The van der Waals surface area contributed by atoms with E-state index in [2.05, 4.69) is 12.2 Å². The number of nitrogens with two attached hydrogens (primary N) is 1. The molecule has 0 saturated heterocycles. The summed E-state index contributed by atoms with van der Waals surface area (Å²) in [6, 6.07) is 6.88. The fourth-order valence-electron chi connectivity index (χ4n) is 1.70. The molecule has 0 bridgehead atoms. The molecular formula is C15H24N2O2. The van der Waals surface area contributed by atoms with Gasteiger partial charge in [0.1, 0.15) is 5.75 Å². The van der Waals surface area contributed by atoms with Crippen LogP contribution in [0.15, 0.2) is 24.3 Å². The molecule has 0 aliphatic heterocycles. The van der Waals surface area contributed by atoms with Crippen molar-refractivity contribution in [2.75, 3.05) is 11.9 Å². The zero-order valence-corrected chi connectivity index (χ0v) is 12.0. The van der Waals surface area contributed by atoms with Gasteiger partial charge in [0, 0.05) is 5.69 Å². The Hall–Kier alpha value is -1.55. The molecule has 1 aromatic carbocycles. The summed E-state index contributed by atoms with van der Waals surface area (Å²) in [5.41, 5.74) is 6.57. The van der Waals surface area contributed by atoms with E-state index >= 15 is 0 Å². The maximum Gasteiger partial charge on any atom is 0.241 e. The highest BCUT2D eigenvalue weighted by atomic mass is 16.5. The van der Waals surface area contributed by atoms with Crippen molar-refractivity contribution in [3.8, 4) is 5.75 Å². The van der Waals surface area contributed by atoms with Crippen LogP contribution >= 0.6 is 0 Å². The summed E-state index contributed by atoms with van der Waals surface area (Å²) in [7, 11) is 0. The summed E-state index contributed by atoms with van der Waals surface area (Å²) >= 11 is 0. The summed E-state index contributed by atoms with van der Waals surface area (Å²) in [5, 5.41) is 2.81. The second kappa shape index (κ2) is 7.79. The first-order valence-corrected chi connectivity index (χ1v) is 6.82. The highest BCUT2D eigenvalue weighted by Crippen LogP contribution is 2.16. The molecule has 0 saturated carbocycles. The molecule has 4 heteroatoms. The second-order valence-corrected chi connectivity index (χ2v) is 5.10. The Morgan fingerprint density at radius 3 is 2.47 bits per heavy atom. The second-order valence-electron chi connectivity index (χ2n) is 5.10. The highest BCUT2D eigenvalue weighted by molar-refractivity contribution is 5.94. The molecule has 0 aliphatic rings. The van der Waals surface area contributed by atoms with E-state index < -0.39 is 6.04 Å². The first-order valence-electron chi connectivity index (χ1n) is 6.82. The van der Waals surface area contributed by atoms with Crippen LogP contribution in [-0.2, 0) is 4.79 Å². The van der Waals surface area contributed by atoms with Crippen LogP contribution in [0.3, 0.4) is 0 Å². The van der Waals surface area contributed by atoms with E-state index in [1.807, 2.05) is 38.1 Å². The summed E-state index contributed by atoms with van der Waals surface area (Å²) in [6.45, 7) is 6.86. The van der Waals surface area contributed by atoms with Gasteiger partial charge in [0.2, 0.25) is 5.91 Å². The number of hydrogen-bond donors (Lipinski definition) is 2. The Morgan fingerprint density at radius 2 is 1.95 bits per heavy atom. The first kappa shape index (κ1) is 15.5. The monoisotopic (exact) mass is 264 g/mol. The number of benzene rings is 1. The van der Waals surface area contributed by atoms with Gasteiger partial charge in [-0.1, -0.05) is 20.8 Å². The Labute approximate surface area is 115 Å². The van der Waals surface area contributed by atoms with Crippen LogP contribution in [0.4, 0.5) is 5.69 Å². The maximum atomic E-state index is 11.8. The zero-order chi connectivity index (χ0) is 14.3. The van der Waals surface area contributed by atoms with Gasteiger partial charge in [-0.25, -0.2) is 0 Å². The Bertz CT molecular complexity index is 388. The average Bonchev–Trinajstić information content (AvgIpc) is 2.37. The van der Waals surface area contributed by atoms with Crippen molar-refractivity contribution in [2.45, 2.75) is 39.7 Å². The molecule has 0 radical (unpaired) electrons. The van der Waals surface area contributed by atoms with E-state index in [1.165, 1.54) is 0 Å². The summed E-state index contributed by atoms with van der Waals surface area (Å²) in [6.07, 6.45) is 1.66. The number of nitrogens with one attached hydrogen (secondary N) is 1. The molecule has 3 N–H and O–H groups in total. The van der Waals surface area contributed by atoms with Gasteiger partial charge in [0.25, 0.3) is 0 Å². The number of anilines is 1. The molecule has 0 spiro atoms.